The van der Waals surface area contributed by atoms with Crippen LogP contribution in [0.1, 0.15) is 17.4 Å². The van der Waals surface area contributed by atoms with Gasteiger partial charge in [-0.2, -0.15) is 0 Å². The maximum atomic E-state index is 12.1. The number of carbonyl (C=O) groups is 2. The van der Waals surface area contributed by atoms with Gasteiger partial charge in [-0.3, -0.25) is 14.9 Å². The fourth-order valence-electron chi connectivity index (χ4n) is 1.72. The summed E-state index contributed by atoms with van der Waals surface area (Å²) in [5, 5.41) is 13.3. The minimum absolute atomic E-state index is 0.0568. The number of ether oxygens (including phenoxy) is 1. The number of halogens is 2. The molecule has 8 nitrogen and oxygen atoms in total. The molecule has 2 aromatic rings. The van der Waals surface area contributed by atoms with Crippen LogP contribution in [0.4, 0.5) is 11.4 Å². The SMILES string of the molecule is CC(OC(=O)c1cc(Br)c[nH]1)C(=O)Nc1cc([N+](=O)[O-])ccc1Cl. The van der Waals surface area contributed by atoms with Crippen LogP contribution in [0.3, 0.4) is 0 Å². The molecular weight excluding hydrogens is 406 g/mol. The highest BCUT2D eigenvalue weighted by Gasteiger charge is 2.21. The quantitative estimate of drug-likeness (QED) is 0.440. The van der Waals surface area contributed by atoms with E-state index in [1.54, 1.807) is 6.20 Å². The number of aromatic amines is 1. The number of H-pyrrole nitrogens is 1. The van der Waals surface area contributed by atoms with Gasteiger partial charge in [0.15, 0.2) is 6.10 Å². The number of nitro groups is 1. The van der Waals surface area contributed by atoms with Gasteiger partial charge >= 0.3 is 5.97 Å². The van der Waals surface area contributed by atoms with Gasteiger partial charge in [0.05, 0.1) is 15.6 Å². The van der Waals surface area contributed by atoms with Gasteiger partial charge in [-0.05, 0) is 35.0 Å². The summed E-state index contributed by atoms with van der Waals surface area (Å²) in [6.45, 7) is 1.37. The molecule has 0 aliphatic rings. The van der Waals surface area contributed by atoms with Gasteiger partial charge in [-0.25, -0.2) is 4.79 Å². The zero-order chi connectivity index (χ0) is 17.9. The lowest BCUT2D eigenvalue weighted by atomic mass is 10.2. The predicted molar refractivity (Wildman–Crippen MR) is 90.1 cm³/mol. The number of hydrogen-bond donors (Lipinski definition) is 2. The van der Waals surface area contributed by atoms with Crippen LogP contribution in [-0.4, -0.2) is 27.9 Å². The molecule has 24 heavy (non-hydrogen) atoms. The fraction of sp³-hybridized carbons (Fsp3) is 0.143. The van der Waals surface area contributed by atoms with E-state index in [0.29, 0.717) is 4.47 Å². The number of anilines is 1. The van der Waals surface area contributed by atoms with Crippen molar-refractivity contribution in [3.63, 3.8) is 0 Å². The molecule has 2 rings (SSSR count). The van der Waals surface area contributed by atoms with Crippen molar-refractivity contribution in [2.75, 3.05) is 5.32 Å². The summed E-state index contributed by atoms with van der Waals surface area (Å²) in [7, 11) is 0. The number of esters is 1. The number of aromatic nitrogens is 1. The lowest BCUT2D eigenvalue weighted by molar-refractivity contribution is -0.384. The summed E-state index contributed by atoms with van der Waals surface area (Å²) in [4.78, 5) is 36.8. The molecule has 10 heteroatoms. The first-order valence-electron chi connectivity index (χ1n) is 6.57. The van der Waals surface area contributed by atoms with Crippen molar-refractivity contribution in [2.45, 2.75) is 13.0 Å². The third-order valence-corrected chi connectivity index (χ3v) is 3.73. The molecule has 0 aliphatic carbocycles. The van der Waals surface area contributed by atoms with Gasteiger partial charge in [-0.15, -0.1) is 0 Å². The third-order valence-electron chi connectivity index (χ3n) is 2.94. The number of nitro benzene ring substituents is 1. The summed E-state index contributed by atoms with van der Waals surface area (Å²) in [5.41, 5.74) is 0.00636. The first kappa shape index (κ1) is 18.0. The van der Waals surface area contributed by atoms with Crippen molar-refractivity contribution in [1.29, 1.82) is 0 Å². The van der Waals surface area contributed by atoms with Gasteiger partial charge in [-0.1, -0.05) is 11.6 Å². The summed E-state index contributed by atoms with van der Waals surface area (Å²) >= 11 is 9.08. The Morgan fingerprint density at radius 1 is 1.42 bits per heavy atom. The summed E-state index contributed by atoms with van der Waals surface area (Å²) < 4.78 is 5.68. The fourth-order valence-corrected chi connectivity index (χ4v) is 2.23. The maximum absolute atomic E-state index is 12.1. The Bertz CT molecular complexity index is 807. The van der Waals surface area contributed by atoms with Crippen molar-refractivity contribution in [3.8, 4) is 0 Å². The normalized spacial score (nSPS) is 11.6. The third kappa shape index (κ3) is 4.33. The van der Waals surface area contributed by atoms with Crippen LogP contribution < -0.4 is 5.32 Å². The lowest BCUT2D eigenvalue weighted by Crippen LogP contribution is -2.30. The standard InChI is InChI=1S/C14H11BrClN3O5/c1-7(24-14(21)12-4-8(15)6-17-12)13(20)18-11-5-9(19(22)23)2-3-10(11)16/h2-7,17H,1H3,(H,18,20). The van der Waals surface area contributed by atoms with Gasteiger partial charge < -0.3 is 15.0 Å². The molecule has 0 saturated heterocycles. The van der Waals surface area contributed by atoms with Crippen LogP contribution in [0.2, 0.25) is 5.02 Å². The van der Waals surface area contributed by atoms with E-state index >= 15 is 0 Å². The van der Waals surface area contributed by atoms with Crippen LogP contribution in [-0.2, 0) is 9.53 Å². The number of non-ortho nitro benzene ring substituents is 1. The Morgan fingerprint density at radius 2 is 2.12 bits per heavy atom. The lowest BCUT2D eigenvalue weighted by Gasteiger charge is -2.13. The highest BCUT2D eigenvalue weighted by molar-refractivity contribution is 9.10. The van der Waals surface area contributed by atoms with Crippen LogP contribution in [0.15, 0.2) is 34.9 Å². The molecule has 0 radical (unpaired) electrons. The molecule has 126 valence electrons. The van der Waals surface area contributed by atoms with Crippen LogP contribution in [0, 0.1) is 10.1 Å². The number of hydrogen-bond acceptors (Lipinski definition) is 5. The molecule has 0 spiro atoms. The molecule has 2 N–H and O–H groups in total. The molecule has 1 aromatic carbocycles. The van der Waals surface area contributed by atoms with E-state index < -0.39 is 22.9 Å². The molecule has 1 amide bonds. The average Bonchev–Trinajstić information content (AvgIpc) is 2.95. The zero-order valence-corrected chi connectivity index (χ0v) is 14.6. The number of rotatable bonds is 5. The Kier molecular flexibility index (Phi) is 5.58. The smallest absolute Gasteiger partial charge is 0.355 e. The van der Waals surface area contributed by atoms with Crippen molar-refractivity contribution >= 4 is 50.8 Å². The van der Waals surface area contributed by atoms with E-state index in [2.05, 4.69) is 26.2 Å². The van der Waals surface area contributed by atoms with Gasteiger partial charge in [0.25, 0.3) is 11.6 Å². The molecular formula is C14H11BrClN3O5. The van der Waals surface area contributed by atoms with Crippen molar-refractivity contribution in [1.82, 2.24) is 4.98 Å². The molecule has 0 saturated carbocycles. The number of nitrogens with zero attached hydrogens (tertiary/aromatic N) is 1. The maximum Gasteiger partial charge on any atom is 0.355 e. The van der Waals surface area contributed by atoms with Crippen LogP contribution >= 0.6 is 27.5 Å². The van der Waals surface area contributed by atoms with Crippen LogP contribution in [0.5, 0.6) is 0 Å². The number of carbonyl (C=O) groups excluding carboxylic acids is 2. The van der Waals surface area contributed by atoms with E-state index in [-0.39, 0.29) is 22.1 Å². The summed E-state index contributed by atoms with van der Waals surface area (Å²) in [5.74, 6) is -1.38. The Hall–Kier alpha value is -2.39. The summed E-state index contributed by atoms with van der Waals surface area (Å²) in [6.07, 6.45) is 0.416. The largest absolute Gasteiger partial charge is 0.448 e. The molecule has 1 aromatic heterocycles. The van der Waals surface area contributed by atoms with Crippen molar-refractivity contribution < 1.29 is 19.2 Å². The van der Waals surface area contributed by atoms with Gasteiger partial charge in [0, 0.05) is 22.8 Å². The van der Waals surface area contributed by atoms with Gasteiger partial charge in [0.1, 0.15) is 5.69 Å². The highest BCUT2D eigenvalue weighted by Crippen LogP contribution is 2.27. The monoisotopic (exact) mass is 415 g/mol. The second-order valence-corrected chi connectivity index (χ2v) is 6.01. The van der Waals surface area contributed by atoms with Crippen molar-refractivity contribution in [2.24, 2.45) is 0 Å². The molecule has 0 aliphatic heterocycles. The minimum atomic E-state index is -1.13. The number of benzene rings is 1. The first-order valence-corrected chi connectivity index (χ1v) is 7.74. The van der Waals surface area contributed by atoms with E-state index in [1.165, 1.54) is 25.1 Å². The zero-order valence-electron chi connectivity index (χ0n) is 12.2. The Balaban J connectivity index is 2.05. The Labute approximate surface area is 149 Å². The molecule has 0 bridgehead atoms. The van der Waals surface area contributed by atoms with Crippen LogP contribution in [0.25, 0.3) is 0 Å². The van der Waals surface area contributed by atoms with E-state index in [0.717, 1.165) is 6.07 Å². The second-order valence-electron chi connectivity index (χ2n) is 4.69. The first-order chi connectivity index (χ1) is 11.3. The molecule has 1 heterocycles. The van der Waals surface area contributed by atoms with Crippen molar-refractivity contribution in [3.05, 3.63) is 55.8 Å². The van der Waals surface area contributed by atoms with E-state index in [1.807, 2.05) is 0 Å². The predicted octanol–water partition coefficient (Wildman–Crippen LogP) is 3.52. The Morgan fingerprint density at radius 3 is 2.71 bits per heavy atom. The molecule has 1 unspecified atom stereocenters. The van der Waals surface area contributed by atoms with Gasteiger partial charge in [0.2, 0.25) is 0 Å². The second kappa shape index (κ2) is 7.45. The number of nitrogens with one attached hydrogen (secondary N) is 2. The summed E-state index contributed by atoms with van der Waals surface area (Å²) in [6, 6.07) is 5.13. The molecule has 1 atom stereocenters. The minimum Gasteiger partial charge on any atom is -0.448 e. The number of amides is 1. The molecule has 0 fully saturated rings. The van der Waals surface area contributed by atoms with E-state index in [9.17, 15) is 19.7 Å². The average molecular weight is 417 g/mol. The highest BCUT2D eigenvalue weighted by atomic mass is 79.9. The van der Waals surface area contributed by atoms with E-state index in [4.69, 9.17) is 16.3 Å². The topological polar surface area (TPSA) is 114 Å².